The lowest BCUT2D eigenvalue weighted by Crippen LogP contribution is -2.29. The Morgan fingerprint density at radius 1 is 1.21 bits per heavy atom. The summed E-state index contributed by atoms with van der Waals surface area (Å²) in [5.74, 6) is -0.182. The molecule has 3 atom stereocenters. The van der Waals surface area contributed by atoms with Crippen LogP contribution >= 0.6 is 0 Å². The maximum atomic E-state index is 12.4. The van der Waals surface area contributed by atoms with E-state index in [1.54, 1.807) is 0 Å². The fourth-order valence-corrected chi connectivity index (χ4v) is 3.09. The van der Waals surface area contributed by atoms with E-state index in [2.05, 4.69) is 0 Å². The average molecular weight is 260 g/mol. The number of hydrogen-bond acceptors (Lipinski definition) is 3. The van der Waals surface area contributed by atoms with Crippen LogP contribution in [-0.2, 0) is 9.53 Å². The number of hydrogen-bond donors (Lipinski definition) is 0. The van der Waals surface area contributed by atoms with Gasteiger partial charge in [0.1, 0.15) is 0 Å². The minimum absolute atomic E-state index is 0.111. The molecule has 3 heteroatoms. The second-order valence-electron chi connectivity index (χ2n) is 5.24. The lowest BCUT2D eigenvalue weighted by atomic mass is 9.80. The van der Waals surface area contributed by atoms with E-state index < -0.39 is 0 Å². The van der Waals surface area contributed by atoms with Crippen molar-refractivity contribution in [3.05, 3.63) is 35.9 Å². The SMILES string of the molecule is COC(=O)[C@H]1CCC[C@@H]1[C@H](C)C(=O)c1ccccc1. The summed E-state index contributed by atoms with van der Waals surface area (Å²) >= 11 is 0. The molecular formula is C16H20O3. The van der Waals surface area contributed by atoms with Gasteiger partial charge in [0.05, 0.1) is 13.0 Å². The molecule has 1 aliphatic rings. The summed E-state index contributed by atoms with van der Waals surface area (Å²) in [6, 6.07) is 9.30. The van der Waals surface area contributed by atoms with E-state index >= 15 is 0 Å². The van der Waals surface area contributed by atoms with E-state index in [1.807, 2.05) is 37.3 Å². The maximum absolute atomic E-state index is 12.4. The Bertz CT molecular complexity index is 452. The van der Waals surface area contributed by atoms with E-state index in [9.17, 15) is 9.59 Å². The van der Waals surface area contributed by atoms with E-state index in [4.69, 9.17) is 4.74 Å². The Labute approximate surface area is 114 Å². The van der Waals surface area contributed by atoms with Crippen molar-refractivity contribution >= 4 is 11.8 Å². The third-order valence-corrected chi connectivity index (χ3v) is 4.19. The van der Waals surface area contributed by atoms with Crippen molar-refractivity contribution in [3.8, 4) is 0 Å². The Morgan fingerprint density at radius 2 is 1.89 bits per heavy atom. The van der Waals surface area contributed by atoms with Crippen molar-refractivity contribution in [2.75, 3.05) is 7.11 Å². The van der Waals surface area contributed by atoms with Gasteiger partial charge in [0.15, 0.2) is 5.78 Å². The molecule has 1 fully saturated rings. The third-order valence-electron chi connectivity index (χ3n) is 4.19. The fourth-order valence-electron chi connectivity index (χ4n) is 3.09. The van der Waals surface area contributed by atoms with Crippen LogP contribution in [0.1, 0.15) is 36.5 Å². The molecule has 2 rings (SSSR count). The highest BCUT2D eigenvalue weighted by atomic mass is 16.5. The Hall–Kier alpha value is -1.64. The van der Waals surface area contributed by atoms with Crippen molar-refractivity contribution in [2.24, 2.45) is 17.8 Å². The zero-order chi connectivity index (χ0) is 13.8. The fraction of sp³-hybridized carbons (Fsp3) is 0.500. The van der Waals surface area contributed by atoms with Crippen LogP contribution in [-0.4, -0.2) is 18.9 Å². The second-order valence-corrected chi connectivity index (χ2v) is 5.24. The van der Waals surface area contributed by atoms with Gasteiger partial charge in [-0.3, -0.25) is 9.59 Å². The van der Waals surface area contributed by atoms with E-state index in [1.165, 1.54) is 7.11 Å². The van der Waals surface area contributed by atoms with Gasteiger partial charge < -0.3 is 4.74 Å². The van der Waals surface area contributed by atoms with Crippen LogP contribution in [0.4, 0.5) is 0 Å². The van der Waals surface area contributed by atoms with Crippen LogP contribution in [0.15, 0.2) is 30.3 Å². The van der Waals surface area contributed by atoms with E-state index in [0.29, 0.717) is 0 Å². The number of ketones is 1. The smallest absolute Gasteiger partial charge is 0.308 e. The topological polar surface area (TPSA) is 43.4 Å². The summed E-state index contributed by atoms with van der Waals surface area (Å²) in [7, 11) is 1.42. The Balaban J connectivity index is 2.13. The van der Waals surface area contributed by atoms with Gasteiger partial charge in [-0.1, -0.05) is 43.7 Å². The number of ether oxygens (including phenoxy) is 1. The van der Waals surface area contributed by atoms with Gasteiger partial charge in [0, 0.05) is 11.5 Å². The number of benzene rings is 1. The molecule has 1 aliphatic carbocycles. The highest BCUT2D eigenvalue weighted by Crippen LogP contribution is 2.38. The number of carbonyl (C=O) groups is 2. The molecule has 0 aromatic heterocycles. The lowest BCUT2D eigenvalue weighted by Gasteiger charge is -2.23. The van der Waals surface area contributed by atoms with E-state index in [-0.39, 0.29) is 29.5 Å². The Morgan fingerprint density at radius 3 is 2.53 bits per heavy atom. The van der Waals surface area contributed by atoms with Crippen molar-refractivity contribution in [3.63, 3.8) is 0 Å². The zero-order valence-corrected chi connectivity index (χ0v) is 11.5. The molecule has 0 radical (unpaired) electrons. The first-order valence-corrected chi connectivity index (χ1v) is 6.82. The van der Waals surface area contributed by atoms with Crippen LogP contribution in [0.3, 0.4) is 0 Å². The highest BCUT2D eigenvalue weighted by molar-refractivity contribution is 5.98. The summed E-state index contributed by atoms with van der Waals surface area (Å²) in [6.45, 7) is 1.93. The lowest BCUT2D eigenvalue weighted by molar-refractivity contribution is -0.147. The largest absolute Gasteiger partial charge is 0.469 e. The molecule has 1 aromatic rings. The highest BCUT2D eigenvalue weighted by Gasteiger charge is 2.39. The summed E-state index contributed by atoms with van der Waals surface area (Å²) in [4.78, 5) is 24.2. The minimum Gasteiger partial charge on any atom is -0.469 e. The van der Waals surface area contributed by atoms with Crippen molar-refractivity contribution in [1.82, 2.24) is 0 Å². The monoisotopic (exact) mass is 260 g/mol. The second kappa shape index (κ2) is 6.00. The molecule has 0 saturated heterocycles. The number of carbonyl (C=O) groups excluding carboxylic acids is 2. The minimum atomic E-state index is -0.171. The van der Waals surface area contributed by atoms with Crippen molar-refractivity contribution < 1.29 is 14.3 Å². The standard InChI is InChI=1S/C16H20O3/c1-11(15(17)12-7-4-3-5-8-12)13-9-6-10-14(13)16(18)19-2/h3-5,7-8,11,13-14H,6,9-10H2,1-2H3/t11-,13+,14-/m0/s1. The molecule has 0 heterocycles. The molecule has 0 unspecified atom stereocenters. The summed E-state index contributed by atoms with van der Waals surface area (Å²) in [5.41, 5.74) is 0.727. The van der Waals surface area contributed by atoms with Crippen LogP contribution in [0.2, 0.25) is 0 Å². The molecule has 0 aliphatic heterocycles. The van der Waals surface area contributed by atoms with Gasteiger partial charge in [-0.15, -0.1) is 0 Å². The van der Waals surface area contributed by atoms with Gasteiger partial charge in [-0.2, -0.15) is 0 Å². The first-order valence-electron chi connectivity index (χ1n) is 6.82. The molecule has 0 N–H and O–H groups in total. The maximum Gasteiger partial charge on any atom is 0.308 e. The van der Waals surface area contributed by atoms with Gasteiger partial charge in [0.25, 0.3) is 0 Å². The molecule has 0 bridgehead atoms. The van der Waals surface area contributed by atoms with Gasteiger partial charge in [-0.25, -0.2) is 0 Å². The summed E-state index contributed by atoms with van der Waals surface area (Å²) < 4.78 is 4.85. The molecule has 1 saturated carbocycles. The van der Waals surface area contributed by atoms with Crippen LogP contribution < -0.4 is 0 Å². The molecule has 1 aromatic carbocycles. The first-order chi connectivity index (χ1) is 9.15. The van der Waals surface area contributed by atoms with Crippen molar-refractivity contribution in [1.29, 1.82) is 0 Å². The first kappa shape index (κ1) is 13.8. The summed E-state index contributed by atoms with van der Waals surface area (Å²) in [6.07, 6.45) is 2.76. The van der Waals surface area contributed by atoms with Gasteiger partial charge >= 0.3 is 5.97 Å². The predicted octanol–water partition coefficient (Wildman–Crippen LogP) is 3.09. The number of esters is 1. The summed E-state index contributed by atoms with van der Waals surface area (Å²) in [5, 5.41) is 0. The van der Waals surface area contributed by atoms with Gasteiger partial charge in [-0.05, 0) is 18.8 Å². The predicted molar refractivity (Wildman–Crippen MR) is 72.8 cm³/mol. The van der Waals surface area contributed by atoms with E-state index in [0.717, 1.165) is 24.8 Å². The van der Waals surface area contributed by atoms with Crippen molar-refractivity contribution in [2.45, 2.75) is 26.2 Å². The molecule has 102 valence electrons. The zero-order valence-electron chi connectivity index (χ0n) is 11.5. The third kappa shape index (κ3) is 2.86. The quantitative estimate of drug-likeness (QED) is 0.617. The van der Waals surface area contributed by atoms with Crippen LogP contribution in [0.5, 0.6) is 0 Å². The molecule has 0 spiro atoms. The number of Topliss-reactive ketones (excluding diaryl/α,β-unsaturated/α-hetero) is 1. The average Bonchev–Trinajstić information content (AvgIpc) is 2.95. The van der Waals surface area contributed by atoms with Crippen LogP contribution in [0, 0.1) is 17.8 Å². The molecule has 19 heavy (non-hydrogen) atoms. The number of methoxy groups -OCH3 is 1. The Kier molecular flexibility index (Phi) is 4.35. The molecule has 3 nitrogen and oxygen atoms in total. The van der Waals surface area contributed by atoms with Gasteiger partial charge in [0.2, 0.25) is 0 Å². The normalized spacial score (nSPS) is 23.9. The molecular weight excluding hydrogens is 240 g/mol. The van der Waals surface area contributed by atoms with Crippen LogP contribution in [0.25, 0.3) is 0 Å². The number of rotatable bonds is 4. The molecule has 0 amide bonds.